The minimum atomic E-state index is -1.54. The number of aliphatic hydroxyl groups excluding tert-OH is 1. The third-order valence-electron chi connectivity index (χ3n) is 3.80. The lowest BCUT2D eigenvalue weighted by atomic mass is 9.73. The summed E-state index contributed by atoms with van der Waals surface area (Å²) in [5, 5.41) is 10.3. The lowest BCUT2D eigenvalue weighted by molar-refractivity contribution is -0.0583. The SMILES string of the molecule is NCC1(C(O)c2cc(F)c(F)c(F)c2)CCOCC1. The normalized spacial score (nSPS) is 20.3. The van der Waals surface area contributed by atoms with Crippen LogP contribution in [0.1, 0.15) is 24.5 Å². The van der Waals surface area contributed by atoms with Gasteiger partial charge in [-0.2, -0.15) is 0 Å². The molecule has 1 atom stereocenters. The van der Waals surface area contributed by atoms with Crippen molar-refractivity contribution >= 4 is 0 Å². The van der Waals surface area contributed by atoms with Crippen LogP contribution in [-0.4, -0.2) is 24.9 Å². The number of rotatable bonds is 3. The fourth-order valence-electron chi connectivity index (χ4n) is 2.45. The molecule has 3 N–H and O–H groups in total. The summed E-state index contributed by atoms with van der Waals surface area (Å²) in [6.45, 7) is 1.03. The summed E-state index contributed by atoms with van der Waals surface area (Å²) in [5.41, 5.74) is 5.02. The van der Waals surface area contributed by atoms with Gasteiger partial charge in [0.15, 0.2) is 17.5 Å². The molecule has 0 spiro atoms. The number of hydrogen-bond donors (Lipinski definition) is 2. The first-order valence-electron chi connectivity index (χ1n) is 6.10. The minimum Gasteiger partial charge on any atom is -0.388 e. The molecule has 6 heteroatoms. The molecule has 0 amide bonds. The van der Waals surface area contributed by atoms with Gasteiger partial charge in [0.25, 0.3) is 0 Å². The van der Waals surface area contributed by atoms with E-state index in [9.17, 15) is 18.3 Å². The van der Waals surface area contributed by atoms with E-state index in [4.69, 9.17) is 10.5 Å². The van der Waals surface area contributed by atoms with E-state index in [0.29, 0.717) is 26.1 Å². The average Bonchev–Trinajstić information content (AvgIpc) is 2.44. The number of ether oxygens (including phenoxy) is 1. The van der Waals surface area contributed by atoms with E-state index in [1.165, 1.54) is 0 Å². The minimum absolute atomic E-state index is 0.00347. The Bertz CT molecular complexity index is 438. The predicted octanol–water partition coefficient (Wildman–Crippen LogP) is 1.89. The number of halogens is 3. The smallest absolute Gasteiger partial charge is 0.194 e. The van der Waals surface area contributed by atoms with Crippen molar-refractivity contribution in [1.29, 1.82) is 0 Å². The van der Waals surface area contributed by atoms with Crippen molar-refractivity contribution in [2.75, 3.05) is 19.8 Å². The van der Waals surface area contributed by atoms with Crippen molar-refractivity contribution in [1.82, 2.24) is 0 Å². The standard InChI is InChI=1S/C13H16F3NO2/c14-9-5-8(6-10(15)11(9)16)12(18)13(7-17)1-3-19-4-2-13/h5-6,12,18H,1-4,7,17H2. The van der Waals surface area contributed by atoms with Crippen molar-refractivity contribution in [2.45, 2.75) is 18.9 Å². The Morgan fingerprint density at radius 2 is 1.74 bits per heavy atom. The summed E-state index contributed by atoms with van der Waals surface area (Å²) in [5.74, 6) is -4.16. The second kappa shape index (κ2) is 5.48. The zero-order chi connectivity index (χ0) is 14.0. The highest BCUT2D eigenvalue weighted by molar-refractivity contribution is 5.23. The molecule has 1 unspecified atom stereocenters. The molecule has 1 aromatic carbocycles. The molecule has 1 aromatic rings. The quantitative estimate of drug-likeness (QED) is 0.828. The Morgan fingerprint density at radius 3 is 2.21 bits per heavy atom. The van der Waals surface area contributed by atoms with Crippen molar-refractivity contribution in [3.8, 4) is 0 Å². The van der Waals surface area contributed by atoms with Gasteiger partial charge in [-0.15, -0.1) is 0 Å². The van der Waals surface area contributed by atoms with E-state index < -0.39 is 29.0 Å². The third kappa shape index (κ3) is 2.61. The summed E-state index contributed by atoms with van der Waals surface area (Å²) in [4.78, 5) is 0. The van der Waals surface area contributed by atoms with Gasteiger partial charge in [0, 0.05) is 25.2 Å². The Balaban J connectivity index is 2.34. The van der Waals surface area contributed by atoms with Crippen LogP contribution in [-0.2, 0) is 4.74 Å². The van der Waals surface area contributed by atoms with Crippen LogP contribution in [0.25, 0.3) is 0 Å². The summed E-state index contributed by atoms with van der Waals surface area (Å²) in [6, 6.07) is 1.63. The van der Waals surface area contributed by atoms with Crippen molar-refractivity contribution < 1.29 is 23.0 Å². The molecular weight excluding hydrogens is 259 g/mol. The first kappa shape index (κ1) is 14.3. The third-order valence-corrected chi connectivity index (χ3v) is 3.80. The molecule has 0 saturated carbocycles. The Labute approximate surface area is 109 Å². The maximum absolute atomic E-state index is 13.2. The monoisotopic (exact) mass is 275 g/mol. The van der Waals surface area contributed by atoms with Crippen molar-refractivity contribution in [3.05, 3.63) is 35.1 Å². The van der Waals surface area contributed by atoms with Crippen LogP contribution in [0.5, 0.6) is 0 Å². The maximum Gasteiger partial charge on any atom is 0.194 e. The molecule has 0 aromatic heterocycles. The van der Waals surface area contributed by atoms with Gasteiger partial charge in [0.05, 0.1) is 6.10 Å². The fraction of sp³-hybridized carbons (Fsp3) is 0.538. The zero-order valence-corrected chi connectivity index (χ0v) is 10.3. The zero-order valence-electron chi connectivity index (χ0n) is 10.3. The lowest BCUT2D eigenvalue weighted by Crippen LogP contribution is -2.41. The Kier molecular flexibility index (Phi) is 4.13. The first-order chi connectivity index (χ1) is 9.00. The molecule has 19 heavy (non-hydrogen) atoms. The highest BCUT2D eigenvalue weighted by Crippen LogP contribution is 2.42. The van der Waals surface area contributed by atoms with Crippen LogP contribution < -0.4 is 5.73 Å². The van der Waals surface area contributed by atoms with Gasteiger partial charge in [0.1, 0.15) is 0 Å². The molecule has 106 valence electrons. The first-order valence-corrected chi connectivity index (χ1v) is 6.10. The Hall–Kier alpha value is -1.11. The van der Waals surface area contributed by atoms with E-state index in [0.717, 1.165) is 12.1 Å². The van der Waals surface area contributed by atoms with Gasteiger partial charge in [-0.3, -0.25) is 0 Å². The van der Waals surface area contributed by atoms with E-state index in [-0.39, 0.29) is 12.1 Å². The van der Waals surface area contributed by atoms with Gasteiger partial charge in [-0.1, -0.05) is 0 Å². The van der Waals surface area contributed by atoms with E-state index in [2.05, 4.69) is 0 Å². The molecule has 0 bridgehead atoms. The van der Waals surface area contributed by atoms with Crippen LogP contribution in [0.15, 0.2) is 12.1 Å². The van der Waals surface area contributed by atoms with E-state index >= 15 is 0 Å². The van der Waals surface area contributed by atoms with Gasteiger partial charge in [-0.25, -0.2) is 13.2 Å². The van der Waals surface area contributed by atoms with E-state index in [1.807, 2.05) is 0 Å². The predicted molar refractivity (Wildman–Crippen MR) is 62.8 cm³/mol. The summed E-state index contributed by atoms with van der Waals surface area (Å²) >= 11 is 0. The van der Waals surface area contributed by atoms with Crippen molar-refractivity contribution in [2.24, 2.45) is 11.1 Å². The molecule has 1 aliphatic rings. The van der Waals surface area contributed by atoms with Gasteiger partial charge in [-0.05, 0) is 30.5 Å². The van der Waals surface area contributed by atoms with Gasteiger partial charge in [0.2, 0.25) is 0 Å². The number of benzene rings is 1. The molecule has 0 aliphatic carbocycles. The van der Waals surface area contributed by atoms with Crippen LogP contribution >= 0.6 is 0 Å². The molecule has 1 saturated heterocycles. The van der Waals surface area contributed by atoms with E-state index in [1.54, 1.807) is 0 Å². The number of hydrogen-bond acceptors (Lipinski definition) is 3. The molecule has 1 heterocycles. The molecule has 3 nitrogen and oxygen atoms in total. The molecule has 0 radical (unpaired) electrons. The molecule has 1 aliphatic heterocycles. The highest BCUT2D eigenvalue weighted by Gasteiger charge is 2.39. The van der Waals surface area contributed by atoms with Crippen LogP contribution in [0.3, 0.4) is 0 Å². The van der Waals surface area contributed by atoms with Crippen LogP contribution in [0.2, 0.25) is 0 Å². The summed E-state index contributed by atoms with van der Waals surface area (Å²) in [6.07, 6.45) is -0.165. The van der Waals surface area contributed by atoms with Gasteiger partial charge < -0.3 is 15.6 Å². The lowest BCUT2D eigenvalue weighted by Gasteiger charge is -2.40. The topological polar surface area (TPSA) is 55.5 Å². The molecular formula is C13H16F3NO2. The summed E-state index contributed by atoms with van der Waals surface area (Å²) < 4.78 is 44.6. The largest absolute Gasteiger partial charge is 0.388 e. The number of aliphatic hydroxyl groups is 1. The van der Waals surface area contributed by atoms with Crippen LogP contribution in [0, 0.1) is 22.9 Å². The van der Waals surface area contributed by atoms with Crippen LogP contribution in [0.4, 0.5) is 13.2 Å². The second-order valence-electron chi connectivity index (χ2n) is 4.88. The second-order valence-corrected chi connectivity index (χ2v) is 4.88. The van der Waals surface area contributed by atoms with Gasteiger partial charge >= 0.3 is 0 Å². The average molecular weight is 275 g/mol. The maximum atomic E-state index is 13.2. The molecule has 2 rings (SSSR count). The highest BCUT2D eigenvalue weighted by atomic mass is 19.2. The molecule has 1 fully saturated rings. The fourth-order valence-corrected chi connectivity index (χ4v) is 2.45. The Morgan fingerprint density at radius 1 is 1.21 bits per heavy atom. The summed E-state index contributed by atoms with van der Waals surface area (Å²) in [7, 11) is 0. The van der Waals surface area contributed by atoms with Crippen molar-refractivity contribution in [3.63, 3.8) is 0 Å². The number of nitrogens with two attached hydrogens (primary N) is 1.